The highest BCUT2D eigenvalue weighted by atomic mass is 79.9. The Morgan fingerprint density at radius 1 is 0.947 bits per heavy atom. The quantitative estimate of drug-likeness (QED) is 0.532. The summed E-state index contributed by atoms with van der Waals surface area (Å²) in [6.45, 7) is 0. The molecule has 0 aromatic heterocycles. The highest BCUT2D eigenvalue weighted by Crippen LogP contribution is 2.37. The van der Waals surface area contributed by atoms with Gasteiger partial charge in [-0.3, -0.25) is 0 Å². The highest BCUT2D eigenvalue weighted by molar-refractivity contribution is 9.11. The van der Waals surface area contributed by atoms with Gasteiger partial charge in [0.05, 0.1) is 5.38 Å². The second kappa shape index (κ2) is 5.85. The SMILES string of the molecule is Fc1cc(F)c(C(Cl)c2ccc(Br)cc2Br)c(F)c1. The second-order valence-corrected chi connectivity index (χ2v) is 6.02. The lowest BCUT2D eigenvalue weighted by molar-refractivity contribution is 0.526. The van der Waals surface area contributed by atoms with Crippen molar-refractivity contribution >= 4 is 43.5 Å². The molecule has 2 aromatic rings. The average Bonchev–Trinajstić information content (AvgIpc) is 2.26. The fourth-order valence-electron chi connectivity index (χ4n) is 1.66. The molecule has 0 saturated heterocycles. The molecule has 0 N–H and O–H groups in total. The van der Waals surface area contributed by atoms with Gasteiger partial charge >= 0.3 is 0 Å². The molecule has 1 unspecified atom stereocenters. The molecule has 0 nitrogen and oxygen atoms in total. The maximum absolute atomic E-state index is 13.7. The van der Waals surface area contributed by atoms with Crippen molar-refractivity contribution in [3.8, 4) is 0 Å². The zero-order chi connectivity index (χ0) is 14.2. The topological polar surface area (TPSA) is 0 Å². The lowest BCUT2D eigenvalue weighted by Crippen LogP contribution is -2.03. The molecule has 1 atom stereocenters. The first-order chi connectivity index (χ1) is 8.90. The van der Waals surface area contributed by atoms with Crippen LogP contribution in [0.15, 0.2) is 39.3 Å². The molecular formula is C13H6Br2ClF3. The van der Waals surface area contributed by atoms with Crippen LogP contribution in [0, 0.1) is 17.5 Å². The Kier molecular flexibility index (Phi) is 4.58. The maximum atomic E-state index is 13.7. The number of alkyl halides is 1. The maximum Gasteiger partial charge on any atom is 0.134 e. The largest absolute Gasteiger partial charge is 0.207 e. The summed E-state index contributed by atoms with van der Waals surface area (Å²) in [6, 6.07) is 6.27. The van der Waals surface area contributed by atoms with Crippen LogP contribution in [0.2, 0.25) is 0 Å². The van der Waals surface area contributed by atoms with Gasteiger partial charge in [0.15, 0.2) is 0 Å². The van der Waals surface area contributed by atoms with Crippen LogP contribution < -0.4 is 0 Å². The molecule has 0 aliphatic carbocycles. The molecule has 0 aliphatic rings. The molecule has 2 rings (SSSR count). The first-order valence-electron chi connectivity index (χ1n) is 5.13. The number of hydrogen-bond acceptors (Lipinski definition) is 0. The van der Waals surface area contributed by atoms with E-state index in [1.165, 1.54) is 0 Å². The van der Waals surface area contributed by atoms with E-state index in [2.05, 4.69) is 31.9 Å². The van der Waals surface area contributed by atoms with E-state index in [-0.39, 0.29) is 5.56 Å². The number of hydrogen-bond donors (Lipinski definition) is 0. The van der Waals surface area contributed by atoms with Crippen molar-refractivity contribution in [2.75, 3.05) is 0 Å². The van der Waals surface area contributed by atoms with E-state index < -0.39 is 22.8 Å². The standard InChI is InChI=1S/C13H6Br2ClF3/c14-6-1-2-8(9(15)3-6)13(16)12-10(18)4-7(17)5-11(12)19/h1-5,13H. The van der Waals surface area contributed by atoms with Gasteiger partial charge in [0.25, 0.3) is 0 Å². The second-order valence-electron chi connectivity index (χ2n) is 3.81. The Morgan fingerprint density at radius 3 is 2.05 bits per heavy atom. The van der Waals surface area contributed by atoms with Crippen LogP contribution >= 0.6 is 43.5 Å². The van der Waals surface area contributed by atoms with E-state index in [1.807, 2.05) is 0 Å². The fraction of sp³-hybridized carbons (Fsp3) is 0.0769. The summed E-state index contributed by atoms with van der Waals surface area (Å²) < 4.78 is 41.6. The van der Waals surface area contributed by atoms with Crippen molar-refractivity contribution in [1.29, 1.82) is 0 Å². The minimum absolute atomic E-state index is 0.369. The van der Waals surface area contributed by atoms with Crippen LogP contribution in [-0.2, 0) is 0 Å². The van der Waals surface area contributed by atoms with Gasteiger partial charge in [-0.1, -0.05) is 37.9 Å². The van der Waals surface area contributed by atoms with Gasteiger partial charge in [0.2, 0.25) is 0 Å². The lowest BCUT2D eigenvalue weighted by Gasteiger charge is -2.14. The molecule has 2 aromatic carbocycles. The Bertz CT molecular complexity index is 608. The van der Waals surface area contributed by atoms with Crippen molar-refractivity contribution in [2.45, 2.75) is 5.38 Å². The van der Waals surface area contributed by atoms with Crippen molar-refractivity contribution in [1.82, 2.24) is 0 Å². The molecule has 6 heteroatoms. The predicted octanol–water partition coefficient (Wildman–Crippen LogP) is 5.96. The van der Waals surface area contributed by atoms with Crippen molar-refractivity contribution in [3.05, 3.63) is 67.9 Å². The Morgan fingerprint density at radius 2 is 1.53 bits per heavy atom. The van der Waals surface area contributed by atoms with E-state index in [1.54, 1.807) is 18.2 Å². The molecule has 0 aliphatic heterocycles. The molecule has 0 fully saturated rings. The lowest BCUT2D eigenvalue weighted by atomic mass is 10.0. The molecular weight excluding hydrogens is 408 g/mol. The number of benzene rings is 2. The van der Waals surface area contributed by atoms with E-state index in [9.17, 15) is 13.2 Å². The third-order valence-corrected chi connectivity index (χ3v) is 4.17. The third kappa shape index (κ3) is 3.15. The van der Waals surface area contributed by atoms with E-state index in [4.69, 9.17) is 11.6 Å². The van der Waals surface area contributed by atoms with E-state index in [0.717, 1.165) is 4.47 Å². The average molecular weight is 414 g/mol. The van der Waals surface area contributed by atoms with Crippen molar-refractivity contribution in [2.24, 2.45) is 0 Å². The van der Waals surface area contributed by atoms with Crippen molar-refractivity contribution in [3.63, 3.8) is 0 Å². The molecule has 0 bridgehead atoms. The van der Waals surface area contributed by atoms with Gasteiger partial charge in [0, 0.05) is 26.6 Å². The third-order valence-electron chi connectivity index (χ3n) is 2.53. The summed E-state index contributed by atoms with van der Waals surface area (Å²) in [4.78, 5) is 0. The molecule has 19 heavy (non-hydrogen) atoms. The fourth-order valence-corrected chi connectivity index (χ4v) is 3.46. The first-order valence-corrected chi connectivity index (χ1v) is 7.16. The van der Waals surface area contributed by atoms with Gasteiger partial charge < -0.3 is 0 Å². The minimum Gasteiger partial charge on any atom is -0.207 e. The summed E-state index contributed by atoms with van der Waals surface area (Å²) >= 11 is 12.6. The summed E-state index contributed by atoms with van der Waals surface area (Å²) in [5.74, 6) is -2.99. The van der Waals surface area contributed by atoms with Crippen LogP contribution in [0.4, 0.5) is 13.2 Å². The smallest absolute Gasteiger partial charge is 0.134 e. The van der Waals surface area contributed by atoms with Crippen LogP contribution in [0.1, 0.15) is 16.5 Å². The monoisotopic (exact) mass is 412 g/mol. The highest BCUT2D eigenvalue weighted by Gasteiger charge is 2.22. The predicted molar refractivity (Wildman–Crippen MR) is 75.9 cm³/mol. The van der Waals surface area contributed by atoms with Crippen molar-refractivity contribution < 1.29 is 13.2 Å². The number of rotatable bonds is 2. The van der Waals surface area contributed by atoms with Crippen LogP contribution in [0.25, 0.3) is 0 Å². The van der Waals surface area contributed by atoms with Gasteiger partial charge in [-0.05, 0) is 17.7 Å². The molecule has 0 amide bonds. The van der Waals surface area contributed by atoms with E-state index >= 15 is 0 Å². The molecule has 0 heterocycles. The summed E-state index contributed by atoms with van der Waals surface area (Å²) in [5, 5.41) is -1.05. The molecule has 0 radical (unpaired) electrons. The van der Waals surface area contributed by atoms with E-state index in [0.29, 0.717) is 22.2 Å². The minimum atomic E-state index is -1.05. The van der Waals surface area contributed by atoms with Crippen LogP contribution in [0.3, 0.4) is 0 Å². The summed E-state index contributed by atoms with van der Waals surface area (Å²) in [7, 11) is 0. The van der Waals surface area contributed by atoms with Gasteiger partial charge in [-0.2, -0.15) is 0 Å². The zero-order valence-electron chi connectivity index (χ0n) is 9.23. The number of halogens is 6. The summed E-state index contributed by atoms with van der Waals surface area (Å²) in [6.07, 6.45) is 0. The van der Waals surface area contributed by atoms with Gasteiger partial charge in [-0.15, -0.1) is 11.6 Å². The summed E-state index contributed by atoms with van der Waals surface area (Å²) in [5.41, 5.74) is 0.125. The molecule has 0 spiro atoms. The molecule has 0 saturated carbocycles. The first kappa shape index (κ1) is 14.9. The Balaban J connectivity index is 2.53. The zero-order valence-corrected chi connectivity index (χ0v) is 13.2. The van der Waals surface area contributed by atoms with Gasteiger partial charge in [-0.25, -0.2) is 13.2 Å². The Hall–Kier alpha value is -0.520. The Labute approximate surface area is 129 Å². The van der Waals surface area contributed by atoms with Crippen LogP contribution in [-0.4, -0.2) is 0 Å². The molecule has 100 valence electrons. The van der Waals surface area contributed by atoms with Gasteiger partial charge in [0.1, 0.15) is 17.5 Å². The normalized spacial score (nSPS) is 12.5. The van der Waals surface area contributed by atoms with Crippen LogP contribution in [0.5, 0.6) is 0 Å².